The monoisotopic (exact) mass is 476 g/mol. The van der Waals surface area contributed by atoms with Gasteiger partial charge in [-0.1, -0.05) is 55.8 Å². The zero-order chi connectivity index (χ0) is 23.5. The summed E-state index contributed by atoms with van der Waals surface area (Å²) >= 11 is 7.74. The summed E-state index contributed by atoms with van der Waals surface area (Å²) in [6.07, 6.45) is 1.37. The van der Waals surface area contributed by atoms with E-state index in [1.807, 2.05) is 69.3 Å². The molecule has 0 heterocycles. The quantitative estimate of drug-likeness (QED) is 0.451. The Morgan fingerprint density at radius 2 is 1.88 bits per heavy atom. The molecule has 2 amide bonds. The van der Waals surface area contributed by atoms with Crippen molar-refractivity contribution in [2.75, 3.05) is 12.9 Å². The number of methoxy groups -OCH3 is 1. The average Bonchev–Trinajstić information content (AvgIpc) is 2.80. The fraction of sp³-hybridized carbons (Fsp3) is 0.440. The second-order valence-electron chi connectivity index (χ2n) is 7.70. The molecule has 0 fully saturated rings. The van der Waals surface area contributed by atoms with Crippen molar-refractivity contribution < 1.29 is 14.3 Å². The van der Waals surface area contributed by atoms with Gasteiger partial charge in [-0.3, -0.25) is 9.59 Å². The summed E-state index contributed by atoms with van der Waals surface area (Å²) in [5.41, 5.74) is 1.91. The van der Waals surface area contributed by atoms with Crippen molar-refractivity contribution in [3.05, 3.63) is 64.7 Å². The fourth-order valence-electron chi connectivity index (χ4n) is 3.27. The third-order valence-electron chi connectivity index (χ3n) is 5.31. The molecule has 0 spiro atoms. The maximum absolute atomic E-state index is 13.3. The van der Waals surface area contributed by atoms with E-state index >= 15 is 0 Å². The van der Waals surface area contributed by atoms with Gasteiger partial charge in [-0.2, -0.15) is 0 Å². The lowest BCUT2D eigenvalue weighted by Gasteiger charge is -2.31. The molecule has 1 N–H and O–H groups in total. The van der Waals surface area contributed by atoms with Crippen LogP contribution in [0, 0.1) is 0 Å². The molecule has 2 aromatic rings. The van der Waals surface area contributed by atoms with Crippen LogP contribution >= 0.6 is 23.4 Å². The molecule has 0 aliphatic carbocycles. The first-order valence-electron chi connectivity index (χ1n) is 10.9. The summed E-state index contributed by atoms with van der Waals surface area (Å²) in [7, 11) is 1.61. The van der Waals surface area contributed by atoms with E-state index in [2.05, 4.69) is 5.32 Å². The van der Waals surface area contributed by atoms with Crippen molar-refractivity contribution in [2.24, 2.45) is 0 Å². The highest BCUT2D eigenvalue weighted by atomic mass is 35.5. The lowest BCUT2D eigenvalue weighted by molar-refractivity contribution is -0.139. The van der Waals surface area contributed by atoms with Crippen molar-refractivity contribution in [1.29, 1.82) is 0 Å². The van der Waals surface area contributed by atoms with Crippen LogP contribution in [0.3, 0.4) is 0 Å². The van der Waals surface area contributed by atoms with Gasteiger partial charge in [0.2, 0.25) is 11.8 Å². The summed E-state index contributed by atoms with van der Waals surface area (Å²) in [4.78, 5) is 28.0. The molecule has 2 atom stereocenters. The van der Waals surface area contributed by atoms with Crippen LogP contribution in [0.25, 0.3) is 0 Å². The molecule has 0 saturated heterocycles. The number of hydrogen-bond acceptors (Lipinski definition) is 4. The van der Waals surface area contributed by atoms with Gasteiger partial charge in [0.05, 0.1) is 12.9 Å². The molecule has 0 unspecified atom stereocenters. The summed E-state index contributed by atoms with van der Waals surface area (Å²) in [6.45, 7) is 6.27. The molecular weight excluding hydrogens is 444 g/mol. The number of benzene rings is 2. The van der Waals surface area contributed by atoms with Gasteiger partial charge in [0, 0.05) is 23.4 Å². The van der Waals surface area contributed by atoms with Gasteiger partial charge >= 0.3 is 0 Å². The number of amides is 2. The van der Waals surface area contributed by atoms with Crippen LogP contribution in [0.2, 0.25) is 5.02 Å². The molecule has 7 heteroatoms. The van der Waals surface area contributed by atoms with E-state index in [-0.39, 0.29) is 23.6 Å². The largest absolute Gasteiger partial charge is 0.497 e. The van der Waals surface area contributed by atoms with Crippen LogP contribution < -0.4 is 10.1 Å². The molecule has 2 rings (SSSR count). The molecule has 2 aromatic carbocycles. The third kappa shape index (κ3) is 7.75. The maximum Gasteiger partial charge on any atom is 0.243 e. The number of thioether (sulfide) groups is 1. The zero-order valence-electron chi connectivity index (χ0n) is 19.3. The normalized spacial score (nSPS) is 12.7. The van der Waals surface area contributed by atoms with Crippen LogP contribution in [0.5, 0.6) is 5.75 Å². The minimum Gasteiger partial charge on any atom is -0.497 e. The highest BCUT2D eigenvalue weighted by Gasteiger charge is 2.29. The molecule has 0 aliphatic heterocycles. The first-order valence-corrected chi connectivity index (χ1v) is 12.5. The zero-order valence-corrected chi connectivity index (χ0v) is 20.8. The van der Waals surface area contributed by atoms with Gasteiger partial charge in [0.1, 0.15) is 11.8 Å². The fourth-order valence-corrected chi connectivity index (χ4v) is 4.47. The molecule has 32 heavy (non-hydrogen) atoms. The predicted octanol–water partition coefficient (Wildman–Crippen LogP) is 5.30. The molecule has 0 saturated carbocycles. The lowest BCUT2D eigenvalue weighted by Crippen LogP contribution is -2.51. The number of carbonyl (C=O) groups is 2. The van der Waals surface area contributed by atoms with Gasteiger partial charge in [0.25, 0.3) is 0 Å². The van der Waals surface area contributed by atoms with Crippen LogP contribution in [-0.2, 0) is 21.9 Å². The van der Waals surface area contributed by atoms with Crippen LogP contribution in [0.4, 0.5) is 0 Å². The van der Waals surface area contributed by atoms with Crippen LogP contribution in [0.1, 0.15) is 44.7 Å². The number of nitrogens with zero attached hydrogens (tertiary/aromatic N) is 1. The molecule has 5 nitrogen and oxygen atoms in total. The van der Waals surface area contributed by atoms with E-state index in [0.717, 1.165) is 23.3 Å². The highest BCUT2D eigenvalue weighted by molar-refractivity contribution is 7.99. The molecule has 174 valence electrons. The Morgan fingerprint density at radius 3 is 2.53 bits per heavy atom. The highest BCUT2D eigenvalue weighted by Crippen LogP contribution is 2.23. The number of hydrogen-bond donors (Lipinski definition) is 1. The molecule has 0 aromatic heterocycles. The van der Waals surface area contributed by atoms with Crippen molar-refractivity contribution in [3.63, 3.8) is 0 Å². The van der Waals surface area contributed by atoms with Gasteiger partial charge in [-0.25, -0.2) is 0 Å². The molecular formula is C25H33ClN2O3S. The van der Waals surface area contributed by atoms with E-state index in [1.165, 1.54) is 11.8 Å². The van der Waals surface area contributed by atoms with E-state index in [1.54, 1.807) is 12.0 Å². The maximum atomic E-state index is 13.3. The first-order chi connectivity index (χ1) is 15.4. The Bertz CT molecular complexity index is 893. The Balaban J connectivity index is 2.17. The van der Waals surface area contributed by atoms with E-state index in [4.69, 9.17) is 16.3 Å². The van der Waals surface area contributed by atoms with Gasteiger partial charge in [0.15, 0.2) is 0 Å². The molecule has 0 bridgehead atoms. The Hall–Kier alpha value is -2.18. The summed E-state index contributed by atoms with van der Waals surface area (Å²) < 4.78 is 5.32. The Kier molecular flexibility index (Phi) is 10.9. The average molecular weight is 477 g/mol. The SMILES string of the molecule is CC[C@H](C)NC(=O)[C@H](CC)N(Cc1cccc(OC)c1)C(=O)CSCc1ccccc1Cl. The van der Waals surface area contributed by atoms with Gasteiger partial charge in [-0.15, -0.1) is 11.8 Å². The van der Waals surface area contributed by atoms with Crippen molar-refractivity contribution in [3.8, 4) is 5.75 Å². The molecule has 0 aliphatic rings. The van der Waals surface area contributed by atoms with E-state index in [0.29, 0.717) is 23.7 Å². The standard InChI is InChI=1S/C25H33ClN2O3S/c1-5-18(3)27-25(30)23(6-2)28(15-19-10-9-12-21(14-19)31-4)24(29)17-32-16-20-11-7-8-13-22(20)26/h7-14,18,23H,5-6,15-17H2,1-4H3,(H,27,30)/t18-,23-/m0/s1. The number of carbonyl (C=O) groups excluding carboxylic acids is 2. The van der Waals surface area contributed by atoms with Gasteiger partial charge < -0.3 is 15.0 Å². The summed E-state index contributed by atoms with van der Waals surface area (Å²) in [6, 6.07) is 14.7. The number of nitrogens with one attached hydrogen (secondary N) is 1. The molecule has 0 radical (unpaired) electrons. The first kappa shape index (κ1) is 26.1. The Morgan fingerprint density at radius 1 is 1.12 bits per heavy atom. The second-order valence-corrected chi connectivity index (χ2v) is 9.09. The van der Waals surface area contributed by atoms with E-state index in [9.17, 15) is 9.59 Å². The topological polar surface area (TPSA) is 58.6 Å². The smallest absolute Gasteiger partial charge is 0.243 e. The van der Waals surface area contributed by atoms with Crippen LogP contribution in [-0.4, -0.2) is 41.7 Å². The minimum atomic E-state index is -0.538. The Labute approximate surface area is 200 Å². The number of ether oxygens (including phenoxy) is 1. The third-order valence-corrected chi connectivity index (χ3v) is 6.65. The van der Waals surface area contributed by atoms with E-state index < -0.39 is 6.04 Å². The predicted molar refractivity (Wildman–Crippen MR) is 133 cm³/mol. The van der Waals surface area contributed by atoms with Crippen molar-refractivity contribution in [1.82, 2.24) is 10.2 Å². The van der Waals surface area contributed by atoms with Crippen molar-refractivity contribution >= 4 is 35.2 Å². The lowest BCUT2D eigenvalue weighted by atomic mass is 10.1. The summed E-state index contributed by atoms with van der Waals surface area (Å²) in [5, 5.41) is 3.73. The number of halogens is 1. The van der Waals surface area contributed by atoms with Gasteiger partial charge in [-0.05, 0) is 49.1 Å². The second kappa shape index (κ2) is 13.4. The summed E-state index contributed by atoms with van der Waals surface area (Å²) in [5.74, 6) is 1.43. The van der Waals surface area contributed by atoms with Crippen molar-refractivity contribution in [2.45, 2.75) is 58.0 Å². The minimum absolute atomic E-state index is 0.0555. The van der Waals surface area contributed by atoms with Crippen LogP contribution in [0.15, 0.2) is 48.5 Å². The number of rotatable bonds is 12.